The Morgan fingerprint density at radius 3 is 2.53 bits per heavy atom. The standard InChI is InChI=1S/C15H25N3O/c1-5-9-15(3,4)18-14(19)13-8-7-12(11-17-13)16-10-6-2/h7-8,11,16H,5-6,9-10H2,1-4H3,(H,18,19). The molecule has 0 aliphatic rings. The van der Waals surface area contributed by atoms with E-state index in [4.69, 9.17) is 0 Å². The molecule has 0 radical (unpaired) electrons. The molecule has 0 fully saturated rings. The Balaban J connectivity index is 2.62. The van der Waals surface area contributed by atoms with Crippen molar-refractivity contribution in [1.82, 2.24) is 10.3 Å². The summed E-state index contributed by atoms with van der Waals surface area (Å²) in [4.78, 5) is 16.3. The zero-order valence-corrected chi connectivity index (χ0v) is 12.4. The summed E-state index contributed by atoms with van der Waals surface area (Å²) >= 11 is 0. The lowest BCUT2D eigenvalue weighted by Gasteiger charge is -2.25. The van der Waals surface area contributed by atoms with Crippen molar-refractivity contribution in [3.05, 3.63) is 24.0 Å². The van der Waals surface area contributed by atoms with E-state index in [9.17, 15) is 4.79 Å². The number of rotatable bonds is 7. The molecule has 1 amide bonds. The highest BCUT2D eigenvalue weighted by molar-refractivity contribution is 5.92. The minimum absolute atomic E-state index is 0.111. The van der Waals surface area contributed by atoms with Crippen molar-refractivity contribution in [2.75, 3.05) is 11.9 Å². The summed E-state index contributed by atoms with van der Waals surface area (Å²) in [6.45, 7) is 9.20. The van der Waals surface area contributed by atoms with E-state index in [-0.39, 0.29) is 11.4 Å². The molecule has 0 aliphatic carbocycles. The Kier molecular flexibility index (Phi) is 5.80. The molecule has 1 rings (SSSR count). The zero-order valence-electron chi connectivity index (χ0n) is 12.4. The Morgan fingerprint density at radius 1 is 1.26 bits per heavy atom. The molecular weight excluding hydrogens is 238 g/mol. The van der Waals surface area contributed by atoms with Gasteiger partial charge in [-0.3, -0.25) is 4.79 Å². The van der Waals surface area contributed by atoms with Gasteiger partial charge in [-0.05, 0) is 38.8 Å². The van der Waals surface area contributed by atoms with Crippen LogP contribution in [0.2, 0.25) is 0 Å². The SMILES string of the molecule is CCCNc1ccc(C(=O)NC(C)(C)CCC)nc1. The average molecular weight is 263 g/mol. The number of aromatic nitrogens is 1. The van der Waals surface area contributed by atoms with Gasteiger partial charge in [-0.25, -0.2) is 4.98 Å². The predicted octanol–water partition coefficient (Wildman–Crippen LogP) is 3.21. The van der Waals surface area contributed by atoms with Crippen molar-refractivity contribution in [2.24, 2.45) is 0 Å². The predicted molar refractivity (Wildman–Crippen MR) is 79.5 cm³/mol. The van der Waals surface area contributed by atoms with Gasteiger partial charge in [-0.15, -0.1) is 0 Å². The van der Waals surface area contributed by atoms with Gasteiger partial charge >= 0.3 is 0 Å². The molecule has 0 aliphatic heterocycles. The molecule has 0 atom stereocenters. The molecule has 0 saturated heterocycles. The molecule has 0 saturated carbocycles. The summed E-state index contributed by atoms with van der Waals surface area (Å²) in [7, 11) is 0. The highest BCUT2D eigenvalue weighted by Crippen LogP contribution is 2.12. The van der Waals surface area contributed by atoms with Crippen LogP contribution in [-0.2, 0) is 0 Å². The first-order valence-corrected chi connectivity index (χ1v) is 7.01. The summed E-state index contributed by atoms with van der Waals surface area (Å²) < 4.78 is 0. The van der Waals surface area contributed by atoms with Crippen molar-refractivity contribution in [1.29, 1.82) is 0 Å². The fourth-order valence-corrected chi connectivity index (χ4v) is 1.96. The van der Waals surface area contributed by atoms with Crippen molar-refractivity contribution < 1.29 is 4.79 Å². The number of nitrogens with zero attached hydrogens (tertiary/aromatic N) is 1. The molecule has 0 bridgehead atoms. The first-order chi connectivity index (χ1) is 8.98. The minimum Gasteiger partial charge on any atom is -0.384 e. The van der Waals surface area contributed by atoms with Gasteiger partial charge < -0.3 is 10.6 Å². The summed E-state index contributed by atoms with van der Waals surface area (Å²) in [6.07, 6.45) is 4.76. The third-order valence-corrected chi connectivity index (χ3v) is 2.90. The minimum atomic E-state index is -0.188. The fourth-order valence-electron chi connectivity index (χ4n) is 1.96. The van der Waals surface area contributed by atoms with E-state index in [0.29, 0.717) is 5.69 Å². The summed E-state index contributed by atoms with van der Waals surface area (Å²) in [5.74, 6) is -0.111. The molecule has 2 N–H and O–H groups in total. The molecule has 1 aromatic rings. The zero-order chi connectivity index (χ0) is 14.3. The highest BCUT2D eigenvalue weighted by Gasteiger charge is 2.20. The number of pyridine rings is 1. The monoisotopic (exact) mass is 263 g/mol. The second-order valence-corrected chi connectivity index (χ2v) is 5.45. The van der Waals surface area contributed by atoms with Crippen LogP contribution in [0.5, 0.6) is 0 Å². The van der Waals surface area contributed by atoms with E-state index < -0.39 is 0 Å². The van der Waals surface area contributed by atoms with Gasteiger partial charge in [0.05, 0.1) is 11.9 Å². The number of hydrogen-bond acceptors (Lipinski definition) is 3. The molecule has 1 aromatic heterocycles. The van der Waals surface area contributed by atoms with Gasteiger partial charge in [-0.2, -0.15) is 0 Å². The van der Waals surface area contributed by atoms with Crippen LogP contribution in [0.3, 0.4) is 0 Å². The van der Waals surface area contributed by atoms with Crippen LogP contribution in [0.4, 0.5) is 5.69 Å². The number of anilines is 1. The maximum atomic E-state index is 12.1. The van der Waals surface area contributed by atoms with Crippen LogP contribution in [-0.4, -0.2) is 23.0 Å². The van der Waals surface area contributed by atoms with Crippen molar-refractivity contribution in [3.63, 3.8) is 0 Å². The first-order valence-electron chi connectivity index (χ1n) is 7.01. The second kappa shape index (κ2) is 7.12. The third-order valence-electron chi connectivity index (χ3n) is 2.90. The molecule has 0 aromatic carbocycles. The van der Waals surface area contributed by atoms with Gasteiger partial charge in [0, 0.05) is 12.1 Å². The quantitative estimate of drug-likeness (QED) is 0.794. The lowest BCUT2D eigenvalue weighted by molar-refractivity contribution is 0.0904. The first kappa shape index (κ1) is 15.5. The van der Waals surface area contributed by atoms with E-state index in [0.717, 1.165) is 31.5 Å². The van der Waals surface area contributed by atoms with Gasteiger partial charge in [-0.1, -0.05) is 20.3 Å². The van der Waals surface area contributed by atoms with Gasteiger partial charge in [0.15, 0.2) is 0 Å². The smallest absolute Gasteiger partial charge is 0.270 e. The van der Waals surface area contributed by atoms with Gasteiger partial charge in [0.1, 0.15) is 5.69 Å². The molecular formula is C15H25N3O. The lowest BCUT2D eigenvalue weighted by Crippen LogP contribution is -2.43. The van der Waals surface area contributed by atoms with Crippen molar-refractivity contribution in [3.8, 4) is 0 Å². The van der Waals surface area contributed by atoms with E-state index in [1.165, 1.54) is 0 Å². The van der Waals surface area contributed by atoms with E-state index in [1.54, 1.807) is 12.3 Å². The topological polar surface area (TPSA) is 54.0 Å². The van der Waals surface area contributed by atoms with Crippen molar-refractivity contribution in [2.45, 2.75) is 52.5 Å². The second-order valence-electron chi connectivity index (χ2n) is 5.45. The molecule has 0 unspecified atom stereocenters. The number of carbonyl (C=O) groups is 1. The van der Waals surface area contributed by atoms with Crippen LogP contribution < -0.4 is 10.6 Å². The van der Waals surface area contributed by atoms with Crippen LogP contribution in [0, 0.1) is 0 Å². The highest BCUT2D eigenvalue weighted by atomic mass is 16.2. The molecule has 19 heavy (non-hydrogen) atoms. The lowest BCUT2D eigenvalue weighted by atomic mass is 9.99. The molecule has 4 nitrogen and oxygen atoms in total. The third kappa shape index (κ3) is 5.28. The van der Waals surface area contributed by atoms with Gasteiger partial charge in [0.25, 0.3) is 5.91 Å². The summed E-state index contributed by atoms with van der Waals surface area (Å²) in [6, 6.07) is 3.65. The summed E-state index contributed by atoms with van der Waals surface area (Å²) in [5, 5.41) is 6.25. The van der Waals surface area contributed by atoms with E-state index >= 15 is 0 Å². The number of amides is 1. The van der Waals surface area contributed by atoms with E-state index in [2.05, 4.69) is 29.5 Å². The Hall–Kier alpha value is -1.58. The molecule has 0 spiro atoms. The van der Waals surface area contributed by atoms with Crippen molar-refractivity contribution >= 4 is 11.6 Å². The fraction of sp³-hybridized carbons (Fsp3) is 0.600. The number of nitrogens with one attached hydrogen (secondary N) is 2. The molecule has 106 valence electrons. The maximum absolute atomic E-state index is 12.1. The number of hydrogen-bond donors (Lipinski definition) is 2. The van der Waals surface area contributed by atoms with Crippen LogP contribution in [0.25, 0.3) is 0 Å². The normalized spacial score (nSPS) is 11.2. The van der Waals surface area contributed by atoms with Gasteiger partial charge in [0.2, 0.25) is 0 Å². The number of carbonyl (C=O) groups excluding carboxylic acids is 1. The Morgan fingerprint density at radius 2 is 2.00 bits per heavy atom. The Labute approximate surface area is 116 Å². The Bertz CT molecular complexity index is 398. The van der Waals surface area contributed by atoms with Crippen LogP contribution in [0.15, 0.2) is 18.3 Å². The molecule has 1 heterocycles. The largest absolute Gasteiger partial charge is 0.384 e. The van der Waals surface area contributed by atoms with Crippen LogP contribution in [0.1, 0.15) is 57.4 Å². The summed E-state index contributed by atoms with van der Waals surface area (Å²) in [5.41, 5.74) is 1.23. The maximum Gasteiger partial charge on any atom is 0.270 e. The average Bonchev–Trinajstić information content (AvgIpc) is 2.36. The van der Waals surface area contributed by atoms with E-state index in [1.807, 2.05) is 19.9 Å². The molecule has 4 heteroatoms. The van der Waals surface area contributed by atoms with Crippen LogP contribution >= 0.6 is 0 Å².